The zero-order chi connectivity index (χ0) is 21.3. The average molecular weight is 469 g/mol. The average Bonchev–Trinajstić information content (AvgIpc) is 3.28. The number of fused-ring (bicyclic) bond motifs is 1. The largest absolute Gasteiger partial charge is 0.381 e. The summed E-state index contributed by atoms with van der Waals surface area (Å²) in [7, 11) is -3.92. The van der Waals surface area contributed by atoms with E-state index in [4.69, 9.17) is 16.7 Å². The van der Waals surface area contributed by atoms with Crippen LogP contribution in [0.2, 0.25) is 5.02 Å². The van der Waals surface area contributed by atoms with Gasteiger partial charge in [0.2, 0.25) is 5.91 Å². The summed E-state index contributed by atoms with van der Waals surface area (Å²) in [5.41, 5.74) is 3.32. The summed E-state index contributed by atoms with van der Waals surface area (Å²) in [5, 5.41) is 13.2. The fourth-order valence-corrected chi connectivity index (χ4v) is 6.56. The summed E-state index contributed by atoms with van der Waals surface area (Å²) in [4.78, 5) is 14.3. The summed E-state index contributed by atoms with van der Waals surface area (Å²) in [5.74, 6) is -0.309. The molecule has 2 heterocycles. The minimum atomic E-state index is -3.92. The molecule has 4 N–H and O–H groups in total. The molecule has 1 aliphatic heterocycles. The predicted octanol–water partition coefficient (Wildman–Crippen LogP) is 3.50. The fourth-order valence-electron chi connectivity index (χ4n) is 4.18. The zero-order valence-corrected chi connectivity index (χ0v) is 18.9. The molecule has 1 aliphatic carbocycles. The van der Waals surface area contributed by atoms with Gasteiger partial charge in [0, 0.05) is 34.2 Å². The molecule has 162 valence electrons. The number of carbonyl (C=O) groups is 1. The van der Waals surface area contributed by atoms with Crippen molar-refractivity contribution in [2.24, 2.45) is 5.14 Å². The van der Waals surface area contributed by atoms with E-state index in [-0.39, 0.29) is 12.5 Å². The topological polar surface area (TPSA) is 105 Å². The normalized spacial score (nSPS) is 19.5. The van der Waals surface area contributed by atoms with E-state index in [9.17, 15) is 13.2 Å². The van der Waals surface area contributed by atoms with Crippen LogP contribution < -0.4 is 15.8 Å². The Hall–Kier alpha value is -1.65. The van der Waals surface area contributed by atoms with Crippen molar-refractivity contribution in [1.82, 2.24) is 4.31 Å². The van der Waals surface area contributed by atoms with Crippen molar-refractivity contribution >= 4 is 49.7 Å². The lowest BCUT2D eigenvalue weighted by Crippen LogP contribution is -2.52. The van der Waals surface area contributed by atoms with Crippen molar-refractivity contribution in [3.8, 4) is 0 Å². The Morgan fingerprint density at radius 2 is 1.97 bits per heavy atom. The fraction of sp³-hybridized carbons (Fsp3) is 0.450. The zero-order valence-electron chi connectivity index (χ0n) is 16.5. The van der Waals surface area contributed by atoms with E-state index in [1.807, 2.05) is 24.3 Å². The molecule has 1 saturated heterocycles. The van der Waals surface area contributed by atoms with Gasteiger partial charge in [-0.2, -0.15) is 12.7 Å². The van der Waals surface area contributed by atoms with E-state index >= 15 is 0 Å². The summed E-state index contributed by atoms with van der Waals surface area (Å²) in [6.07, 6.45) is 5.11. The van der Waals surface area contributed by atoms with Gasteiger partial charge in [-0.3, -0.25) is 4.79 Å². The summed E-state index contributed by atoms with van der Waals surface area (Å²) in [6, 6.07) is 6.73. The van der Waals surface area contributed by atoms with Gasteiger partial charge >= 0.3 is 0 Å². The van der Waals surface area contributed by atoms with Gasteiger partial charge < -0.3 is 10.6 Å². The van der Waals surface area contributed by atoms with Crippen LogP contribution in [0.25, 0.3) is 0 Å². The minimum absolute atomic E-state index is 0.281. The minimum Gasteiger partial charge on any atom is -0.381 e. The molecule has 1 unspecified atom stereocenters. The molecule has 0 spiro atoms. The van der Waals surface area contributed by atoms with Crippen LogP contribution in [0, 0.1) is 0 Å². The molecule has 0 bridgehead atoms. The van der Waals surface area contributed by atoms with Crippen molar-refractivity contribution in [3.05, 3.63) is 45.3 Å². The van der Waals surface area contributed by atoms with Gasteiger partial charge in [0.25, 0.3) is 10.2 Å². The number of rotatable bonds is 6. The van der Waals surface area contributed by atoms with Crippen molar-refractivity contribution < 1.29 is 13.2 Å². The Balaban J connectivity index is 1.53. The Kier molecular flexibility index (Phi) is 6.36. The van der Waals surface area contributed by atoms with Crippen molar-refractivity contribution in [3.63, 3.8) is 0 Å². The van der Waals surface area contributed by atoms with Gasteiger partial charge in [-0.05, 0) is 61.9 Å². The van der Waals surface area contributed by atoms with E-state index in [0.717, 1.165) is 46.2 Å². The van der Waals surface area contributed by atoms with Crippen LogP contribution in [0.3, 0.4) is 0 Å². The quantitative estimate of drug-likeness (QED) is 0.603. The van der Waals surface area contributed by atoms with Gasteiger partial charge in [0.05, 0.1) is 0 Å². The maximum absolute atomic E-state index is 13.0. The Labute approximate surface area is 185 Å². The number of benzene rings is 1. The van der Waals surface area contributed by atoms with E-state index in [2.05, 4.69) is 10.6 Å². The number of carbonyl (C=O) groups excluding carboxylic acids is 1. The molecule has 0 saturated carbocycles. The second kappa shape index (κ2) is 8.84. The number of thiophene rings is 1. The first-order valence-electron chi connectivity index (χ1n) is 10.1. The Bertz CT molecular complexity index is 1040. The van der Waals surface area contributed by atoms with Crippen LogP contribution in [0.15, 0.2) is 24.3 Å². The van der Waals surface area contributed by atoms with Crippen molar-refractivity contribution in [2.45, 2.75) is 51.1 Å². The first kappa shape index (κ1) is 21.6. The third-order valence-electron chi connectivity index (χ3n) is 5.66. The van der Waals surface area contributed by atoms with Crippen LogP contribution >= 0.6 is 22.9 Å². The van der Waals surface area contributed by atoms with Crippen LogP contribution in [-0.2, 0) is 34.4 Å². The standard InChI is InChI=1S/C20H25ClN4O3S2/c21-13-7-9-14(10-8-13)23-12-16-15-4-3-6-18(15)29-20(16)24-19(26)17-5-1-2-11-25(17)30(22,27)28/h7-10,17,23H,1-6,11-12H2,(H,24,26)(H2,22,27,28). The SMILES string of the molecule is NS(=O)(=O)N1CCCCC1C(=O)Nc1sc2c(c1CNc1ccc(Cl)cc1)CCC2. The van der Waals surface area contributed by atoms with Crippen molar-refractivity contribution in [2.75, 3.05) is 17.2 Å². The van der Waals surface area contributed by atoms with E-state index < -0.39 is 16.3 Å². The van der Waals surface area contributed by atoms with Gasteiger partial charge in [0.1, 0.15) is 11.0 Å². The lowest BCUT2D eigenvalue weighted by Gasteiger charge is -2.32. The molecule has 0 radical (unpaired) electrons. The number of nitrogens with one attached hydrogen (secondary N) is 2. The molecule has 30 heavy (non-hydrogen) atoms. The molecule has 10 heteroatoms. The van der Waals surface area contributed by atoms with Crippen LogP contribution in [0.4, 0.5) is 10.7 Å². The third-order valence-corrected chi connectivity index (χ3v) is 8.26. The number of halogens is 1. The highest BCUT2D eigenvalue weighted by Crippen LogP contribution is 2.40. The van der Waals surface area contributed by atoms with Gasteiger partial charge in [0.15, 0.2) is 0 Å². The van der Waals surface area contributed by atoms with Gasteiger partial charge in [-0.1, -0.05) is 18.0 Å². The highest BCUT2D eigenvalue weighted by molar-refractivity contribution is 7.86. The first-order chi connectivity index (χ1) is 14.3. The second-order valence-corrected chi connectivity index (χ2v) is 10.7. The lowest BCUT2D eigenvalue weighted by molar-refractivity contribution is -0.120. The number of hydrogen-bond donors (Lipinski definition) is 3. The number of aryl methyl sites for hydroxylation is 1. The van der Waals surface area contributed by atoms with Crippen LogP contribution in [0.1, 0.15) is 41.7 Å². The molecular formula is C20H25ClN4O3S2. The number of amides is 1. The van der Waals surface area contributed by atoms with Crippen LogP contribution in [-0.4, -0.2) is 31.2 Å². The Morgan fingerprint density at radius 1 is 1.20 bits per heavy atom. The highest BCUT2D eigenvalue weighted by atomic mass is 35.5. The van der Waals surface area contributed by atoms with E-state index in [1.54, 1.807) is 11.3 Å². The first-order valence-corrected chi connectivity index (χ1v) is 12.8. The number of anilines is 2. The molecule has 1 aromatic carbocycles. The summed E-state index contributed by atoms with van der Waals surface area (Å²) in [6.45, 7) is 0.857. The smallest absolute Gasteiger partial charge is 0.277 e. The predicted molar refractivity (Wildman–Crippen MR) is 121 cm³/mol. The van der Waals surface area contributed by atoms with Gasteiger partial charge in [-0.15, -0.1) is 11.3 Å². The maximum atomic E-state index is 13.0. The number of hydrogen-bond acceptors (Lipinski definition) is 5. The molecule has 1 fully saturated rings. The molecule has 1 amide bonds. The maximum Gasteiger partial charge on any atom is 0.277 e. The summed E-state index contributed by atoms with van der Waals surface area (Å²) >= 11 is 7.55. The molecule has 2 aliphatic rings. The highest BCUT2D eigenvalue weighted by Gasteiger charge is 2.35. The van der Waals surface area contributed by atoms with Crippen molar-refractivity contribution in [1.29, 1.82) is 0 Å². The summed E-state index contributed by atoms with van der Waals surface area (Å²) < 4.78 is 25.0. The molecule has 4 rings (SSSR count). The number of nitrogens with two attached hydrogens (primary N) is 1. The third kappa shape index (κ3) is 4.65. The lowest BCUT2D eigenvalue weighted by atomic mass is 10.0. The molecule has 2 aromatic rings. The number of nitrogens with zero attached hydrogens (tertiary/aromatic N) is 1. The number of piperidine rings is 1. The monoisotopic (exact) mass is 468 g/mol. The second-order valence-electron chi connectivity index (χ2n) is 7.68. The van der Waals surface area contributed by atoms with E-state index in [0.29, 0.717) is 24.4 Å². The molecular weight excluding hydrogens is 444 g/mol. The Morgan fingerprint density at radius 3 is 2.70 bits per heavy atom. The molecule has 7 nitrogen and oxygen atoms in total. The van der Waals surface area contributed by atoms with Gasteiger partial charge in [-0.25, -0.2) is 5.14 Å². The molecule has 1 atom stereocenters. The van der Waals surface area contributed by atoms with Crippen LogP contribution in [0.5, 0.6) is 0 Å². The molecule has 1 aromatic heterocycles. The van der Waals surface area contributed by atoms with E-state index in [1.165, 1.54) is 10.4 Å².